The van der Waals surface area contributed by atoms with E-state index in [0.717, 1.165) is 55.5 Å². The van der Waals surface area contributed by atoms with Crippen molar-refractivity contribution >= 4 is 22.8 Å². The number of piperidine rings is 1. The molecule has 1 aromatic carbocycles. The Morgan fingerprint density at radius 2 is 2.00 bits per heavy atom. The molecular weight excluding hydrogens is 410 g/mol. The van der Waals surface area contributed by atoms with Crippen LogP contribution >= 0.6 is 0 Å². The van der Waals surface area contributed by atoms with Crippen LogP contribution in [0.25, 0.3) is 10.9 Å². The third-order valence-corrected chi connectivity index (χ3v) is 5.26. The monoisotopic (exact) mass is 445 g/mol. The van der Waals surface area contributed by atoms with Crippen molar-refractivity contribution in [2.45, 2.75) is 45.6 Å². The van der Waals surface area contributed by atoms with Gasteiger partial charge in [-0.05, 0) is 71.2 Å². The van der Waals surface area contributed by atoms with E-state index in [1.54, 1.807) is 0 Å². The summed E-state index contributed by atoms with van der Waals surface area (Å²) in [7, 11) is 1.45. The molecule has 0 amide bonds. The fraction of sp³-hybridized carbons (Fsp3) is 0.609. The Balaban J connectivity index is 1.36. The van der Waals surface area contributed by atoms with Crippen LogP contribution in [-0.4, -0.2) is 66.4 Å². The molecule has 1 fully saturated rings. The van der Waals surface area contributed by atoms with E-state index in [9.17, 15) is 0 Å². The second-order valence-corrected chi connectivity index (χ2v) is 9.00. The molecule has 2 aromatic rings. The lowest BCUT2D eigenvalue weighted by atomic mass is 9.97. The van der Waals surface area contributed by atoms with Crippen molar-refractivity contribution in [2.24, 2.45) is 10.9 Å². The van der Waals surface area contributed by atoms with Crippen molar-refractivity contribution in [1.82, 2.24) is 14.9 Å². The highest BCUT2D eigenvalue weighted by atomic mass is 17.2. The number of ether oxygens (including phenoxy) is 2. The van der Waals surface area contributed by atoms with Crippen LogP contribution < -0.4 is 10.5 Å². The highest BCUT2D eigenvalue weighted by Gasteiger charge is 2.21. The van der Waals surface area contributed by atoms with E-state index >= 15 is 0 Å². The molecule has 0 spiro atoms. The van der Waals surface area contributed by atoms with Gasteiger partial charge in [-0.15, -0.1) is 0 Å². The summed E-state index contributed by atoms with van der Waals surface area (Å²) >= 11 is 0. The molecule has 1 aromatic heterocycles. The normalized spacial score (nSPS) is 16.3. The van der Waals surface area contributed by atoms with Crippen LogP contribution in [0.3, 0.4) is 0 Å². The van der Waals surface area contributed by atoms with Crippen molar-refractivity contribution in [1.29, 1.82) is 0 Å². The van der Waals surface area contributed by atoms with Gasteiger partial charge in [-0.1, -0.05) is 0 Å². The van der Waals surface area contributed by atoms with Gasteiger partial charge in [-0.3, -0.25) is 4.89 Å². The molecule has 2 heterocycles. The Morgan fingerprint density at radius 3 is 2.72 bits per heavy atom. The molecule has 32 heavy (non-hydrogen) atoms. The van der Waals surface area contributed by atoms with Gasteiger partial charge in [0.05, 0.1) is 19.2 Å². The average molecular weight is 446 g/mol. The lowest BCUT2D eigenvalue weighted by Gasteiger charge is -2.31. The largest absolute Gasteiger partial charge is 0.493 e. The number of nitrogens with zero attached hydrogens (tertiary/aromatic N) is 4. The number of fused-ring (bicyclic) bond motifs is 1. The zero-order chi connectivity index (χ0) is 23.0. The number of hydrogen-bond donors (Lipinski definition) is 1. The number of benzene rings is 1. The minimum atomic E-state index is -0.378. The van der Waals surface area contributed by atoms with Crippen molar-refractivity contribution in [2.75, 3.05) is 45.6 Å². The molecule has 0 saturated carbocycles. The maximum atomic E-state index is 5.91. The maximum Gasteiger partial charge on any atom is 0.417 e. The van der Waals surface area contributed by atoms with Crippen molar-refractivity contribution in [3.63, 3.8) is 0 Å². The molecule has 1 saturated heterocycles. The van der Waals surface area contributed by atoms with Gasteiger partial charge in [0, 0.05) is 24.5 Å². The van der Waals surface area contributed by atoms with Gasteiger partial charge in [-0.25, -0.2) is 15.0 Å². The first-order valence-corrected chi connectivity index (χ1v) is 11.1. The summed E-state index contributed by atoms with van der Waals surface area (Å²) in [5.74, 6) is 1.81. The summed E-state index contributed by atoms with van der Waals surface area (Å²) in [5.41, 5.74) is 6.29. The average Bonchev–Trinajstić information content (AvgIpc) is 2.75. The molecule has 1 aliphatic rings. The van der Waals surface area contributed by atoms with Gasteiger partial charge in [0.15, 0.2) is 0 Å². The smallest absolute Gasteiger partial charge is 0.417 e. The fourth-order valence-electron chi connectivity index (χ4n) is 3.63. The van der Waals surface area contributed by atoms with E-state index in [1.807, 2.05) is 39.0 Å². The first-order valence-electron chi connectivity index (χ1n) is 11.1. The number of nitrogens with two attached hydrogens (primary N) is 1. The molecule has 9 nitrogen and oxygen atoms in total. The predicted molar refractivity (Wildman–Crippen MR) is 124 cm³/mol. The molecule has 2 N–H and O–H groups in total. The molecule has 9 heteroatoms. The first-order chi connectivity index (χ1) is 15.3. The molecule has 1 aliphatic heterocycles. The van der Waals surface area contributed by atoms with E-state index < -0.39 is 0 Å². The number of rotatable bonds is 8. The first kappa shape index (κ1) is 24.0. The minimum absolute atomic E-state index is 0.197. The second kappa shape index (κ2) is 11.3. The third-order valence-electron chi connectivity index (χ3n) is 5.26. The standard InChI is InChI=1S/C23H35N5O4/c1-23(2,3)31-22(32-29-4)25-15-17-8-11-28(12-9-17)10-5-13-30-18-6-7-19-20(14-18)26-16-27-21(19)24/h6-7,14,16-17H,5,8-13,15H2,1-4H3,(H2,24,26,27). The summed E-state index contributed by atoms with van der Waals surface area (Å²) in [6.45, 7) is 10.3. The van der Waals surface area contributed by atoms with Crippen LogP contribution in [0.15, 0.2) is 29.5 Å². The predicted octanol–water partition coefficient (Wildman–Crippen LogP) is 3.44. The third kappa shape index (κ3) is 7.49. The minimum Gasteiger partial charge on any atom is -0.493 e. The summed E-state index contributed by atoms with van der Waals surface area (Å²) in [5, 5.41) is 0.845. The molecule has 0 aliphatic carbocycles. The lowest BCUT2D eigenvalue weighted by Crippen LogP contribution is -2.36. The van der Waals surface area contributed by atoms with Crippen LogP contribution in [-0.2, 0) is 14.5 Å². The molecule has 0 atom stereocenters. The Labute approximate surface area is 189 Å². The lowest BCUT2D eigenvalue weighted by molar-refractivity contribution is -0.219. The SMILES string of the molecule is COOC(=NCC1CCN(CCCOc2ccc3c(N)ncnc3c2)CC1)OC(C)(C)C. The van der Waals surface area contributed by atoms with E-state index in [4.69, 9.17) is 25.0 Å². The van der Waals surface area contributed by atoms with Crippen molar-refractivity contribution in [3.05, 3.63) is 24.5 Å². The fourth-order valence-corrected chi connectivity index (χ4v) is 3.63. The molecule has 0 unspecified atom stereocenters. The molecule has 176 valence electrons. The van der Waals surface area contributed by atoms with E-state index in [-0.39, 0.29) is 11.7 Å². The zero-order valence-corrected chi connectivity index (χ0v) is 19.5. The highest BCUT2D eigenvalue weighted by molar-refractivity contribution is 5.88. The molecule has 0 radical (unpaired) electrons. The van der Waals surface area contributed by atoms with E-state index in [1.165, 1.54) is 13.4 Å². The van der Waals surface area contributed by atoms with Crippen LogP contribution in [0.1, 0.15) is 40.0 Å². The number of likely N-dealkylation sites (tertiary alicyclic amines) is 1. The Hall–Kier alpha value is -2.65. The van der Waals surface area contributed by atoms with E-state index in [2.05, 4.69) is 19.9 Å². The molecule has 3 rings (SSSR count). The maximum absolute atomic E-state index is 5.91. The summed E-state index contributed by atoms with van der Waals surface area (Å²) in [4.78, 5) is 25.0. The summed E-state index contributed by atoms with van der Waals surface area (Å²) in [6, 6.07) is 5.73. The molecular formula is C23H35N5O4. The number of nitrogen functional groups attached to an aromatic ring is 1. The topological polar surface area (TPSA) is 104 Å². The van der Waals surface area contributed by atoms with Gasteiger partial charge in [0.25, 0.3) is 0 Å². The van der Waals surface area contributed by atoms with Crippen LogP contribution in [0.5, 0.6) is 5.75 Å². The van der Waals surface area contributed by atoms with Crippen molar-refractivity contribution < 1.29 is 19.2 Å². The van der Waals surface area contributed by atoms with Crippen LogP contribution in [0.4, 0.5) is 5.82 Å². The highest BCUT2D eigenvalue weighted by Crippen LogP contribution is 2.22. The second-order valence-electron chi connectivity index (χ2n) is 9.00. The Morgan fingerprint density at radius 1 is 1.22 bits per heavy atom. The number of aromatic nitrogens is 2. The van der Waals surface area contributed by atoms with Gasteiger partial charge in [0.2, 0.25) is 0 Å². The van der Waals surface area contributed by atoms with Gasteiger partial charge < -0.3 is 20.1 Å². The zero-order valence-electron chi connectivity index (χ0n) is 19.5. The van der Waals surface area contributed by atoms with Crippen LogP contribution in [0, 0.1) is 5.92 Å². The number of aliphatic imine (C=N–C) groups is 1. The van der Waals surface area contributed by atoms with Gasteiger partial charge in [-0.2, -0.15) is 4.89 Å². The van der Waals surface area contributed by atoms with Crippen LogP contribution in [0.2, 0.25) is 0 Å². The summed E-state index contributed by atoms with van der Waals surface area (Å²) < 4.78 is 11.6. The van der Waals surface area contributed by atoms with Gasteiger partial charge >= 0.3 is 6.08 Å². The number of hydrogen-bond acceptors (Lipinski definition) is 9. The van der Waals surface area contributed by atoms with Gasteiger partial charge in [0.1, 0.15) is 23.5 Å². The Kier molecular flexibility index (Phi) is 8.46. The molecule has 0 bridgehead atoms. The quantitative estimate of drug-likeness (QED) is 0.217. The summed E-state index contributed by atoms with van der Waals surface area (Å²) in [6.07, 6.45) is 4.84. The van der Waals surface area contributed by atoms with E-state index in [0.29, 0.717) is 24.9 Å². The Bertz CT molecular complexity index is 892. The van der Waals surface area contributed by atoms with Crippen molar-refractivity contribution in [3.8, 4) is 5.75 Å². The number of anilines is 1.